The summed E-state index contributed by atoms with van der Waals surface area (Å²) in [6.07, 6.45) is 0. The summed E-state index contributed by atoms with van der Waals surface area (Å²) >= 11 is 5.74. The first kappa shape index (κ1) is 12.7. The van der Waals surface area contributed by atoms with E-state index in [2.05, 4.69) is 0 Å². The summed E-state index contributed by atoms with van der Waals surface area (Å²) in [5, 5.41) is 0.585. The van der Waals surface area contributed by atoms with E-state index >= 15 is 0 Å². The summed E-state index contributed by atoms with van der Waals surface area (Å²) in [6, 6.07) is 15.6. The van der Waals surface area contributed by atoms with E-state index in [4.69, 9.17) is 24.2 Å². The van der Waals surface area contributed by atoms with Crippen LogP contribution in [0.25, 0.3) is 0 Å². The molecule has 0 saturated heterocycles. The molecule has 1 atom stereocenters. The van der Waals surface area contributed by atoms with Gasteiger partial charge in [0.05, 0.1) is 7.85 Å². The fraction of sp³-hybridized carbons (Fsp3) is 0.0714. The molecular weight excluding hydrogens is 246 g/mol. The van der Waals surface area contributed by atoms with Gasteiger partial charge in [0.1, 0.15) is 5.75 Å². The fourth-order valence-corrected chi connectivity index (χ4v) is 1.60. The van der Waals surface area contributed by atoms with Crippen LogP contribution in [0.4, 0.5) is 0 Å². The molecule has 0 aromatic heterocycles. The summed E-state index contributed by atoms with van der Waals surface area (Å²) in [6.45, 7) is 0. The predicted octanol–water partition coefficient (Wildman–Crippen LogP) is 3.16. The van der Waals surface area contributed by atoms with Crippen molar-refractivity contribution in [2.75, 3.05) is 0 Å². The lowest BCUT2D eigenvalue weighted by Gasteiger charge is -2.11. The van der Waals surface area contributed by atoms with Crippen molar-refractivity contribution in [1.82, 2.24) is 0 Å². The Morgan fingerprint density at radius 3 is 2.28 bits per heavy atom. The predicted molar refractivity (Wildman–Crippen MR) is 72.0 cm³/mol. The molecule has 88 valence electrons. The second kappa shape index (κ2) is 5.74. The first-order valence-corrected chi connectivity index (χ1v) is 5.82. The molecule has 0 bridgehead atoms. The van der Waals surface area contributed by atoms with Gasteiger partial charge >= 0.3 is 5.97 Å². The maximum atomic E-state index is 11.8. The molecule has 2 rings (SSSR count). The second-order valence-electron chi connectivity index (χ2n) is 3.76. The van der Waals surface area contributed by atoms with Crippen LogP contribution >= 0.6 is 11.6 Å². The standard InChI is InChI=1S/C14H10BClO2/c15-13(10-4-2-1-3-5-10)14(17)18-12-8-6-11(16)7-9-12/h1-9,13H/t13-/m1/s1. The van der Waals surface area contributed by atoms with Gasteiger partial charge in [0.2, 0.25) is 0 Å². The molecule has 0 spiro atoms. The number of rotatable bonds is 3. The largest absolute Gasteiger partial charge is 0.427 e. The molecule has 0 fully saturated rings. The molecule has 0 N–H and O–H groups in total. The van der Waals surface area contributed by atoms with Crippen molar-refractivity contribution < 1.29 is 9.53 Å². The third kappa shape index (κ3) is 3.14. The number of benzene rings is 2. The molecule has 2 aromatic carbocycles. The van der Waals surface area contributed by atoms with Crippen LogP contribution in [0.2, 0.25) is 5.02 Å². The van der Waals surface area contributed by atoms with Crippen molar-refractivity contribution in [2.24, 2.45) is 0 Å². The van der Waals surface area contributed by atoms with Crippen LogP contribution in [0.3, 0.4) is 0 Å². The summed E-state index contributed by atoms with van der Waals surface area (Å²) in [5.41, 5.74) is 0.719. The normalized spacial score (nSPS) is 11.8. The molecule has 2 nitrogen and oxygen atoms in total. The molecule has 0 unspecified atom stereocenters. The van der Waals surface area contributed by atoms with E-state index in [1.807, 2.05) is 18.2 Å². The summed E-state index contributed by atoms with van der Waals surface area (Å²) in [7, 11) is 5.82. The Kier molecular flexibility index (Phi) is 4.05. The molecule has 0 saturated carbocycles. The Morgan fingerprint density at radius 1 is 1.06 bits per heavy atom. The number of carbonyl (C=O) groups excluding carboxylic acids is 1. The second-order valence-corrected chi connectivity index (χ2v) is 4.20. The van der Waals surface area contributed by atoms with E-state index < -0.39 is 11.8 Å². The first-order chi connectivity index (χ1) is 8.66. The van der Waals surface area contributed by atoms with Gasteiger partial charge in [-0.25, -0.2) is 0 Å². The van der Waals surface area contributed by atoms with Gasteiger partial charge in [-0.1, -0.05) is 41.9 Å². The van der Waals surface area contributed by atoms with Gasteiger partial charge in [-0.2, -0.15) is 0 Å². The number of hydrogen-bond donors (Lipinski definition) is 0. The number of hydrogen-bond acceptors (Lipinski definition) is 2. The minimum atomic E-state index is -0.790. The summed E-state index contributed by atoms with van der Waals surface area (Å²) in [4.78, 5) is 11.8. The Balaban J connectivity index is 2.06. The maximum Gasteiger partial charge on any atom is 0.309 e. The van der Waals surface area contributed by atoms with Gasteiger partial charge in [-0.05, 0) is 29.8 Å². The molecule has 18 heavy (non-hydrogen) atoms. The molecule has 0 amide bonds. The monoisotopic (exact) mass is 256 g/mol. The first-order valence-electron chi connectivity index (χ1n) is 5.44. The number of ether oxygens (including phenoxy) is 1. The van der Waals surface area contributed by atoms with E-state index in [-0.39, 0.29) is 0 Å². The number of esters is 1. The average molecular weight is 256 g/mol. The molecule has 0 aliphatic heterocycles. The zero-order valence-corrected chi connectivity index (χ0v) is 10.3. The Hall–Kier alpha value is -1.74. The van der Waals surface area contributed by atoms with Gasteiger partial charge in [-0.3, -0.25) is 4.79 Å². The SMILES string of the molecule is [B][C@@H](C(=O)Oc1ccc(Cl)cc1)c1ccccc1. The van der Waals surface area contributed by atoms with Gasteiger partial charge in [-0.15, -0.1) is 0 Å². The van der Waals surface area contributed by atoms with Crippen molar-refractivity contribution in [3.8, 4) is 5.75 Å². The van der Waals surface area contributed by atoms with E-state index in [1.165, 1.54) is 0 Å². The minimum absolute atomic E-state index is 0.427. The third-order valence-corrected chi connectivity index (χ3v) is 2.70. The van der Waals surface area contributed by atoms with E-state index in [1.54, 1.807) is 36.4 Å². The maximum absolute atomic E-state index is 11.8. The molecule has 4 heteroatoms. The van der Waals surface area contributed by atoms with Crippen molar-refractivity contribution in [2.45, 2.75) is 5.82 Å². The van der Waals surface area contributed by atoms with Crippen LogP contribution in [0.5, 0.6) is 5.75 Å². The van der Waals surface area contributed by atoms with Crippen LogP contribution in [0, 0.1) is 0 Å². The van der Waals surface area contributed by atoms with Gasteiger partial charge in [0.15, 0.2) is 0 Å². The zero-order chi connectivity index (χ0) is 13.0. The summed E-state index contributed by atoms with van der Waals surface area (Å²) in [5.74, 6) is -0.860. The van der Waals surface area contributed by atoms with E-state index in [0.717, 1.165) is 5.56 Å². The lowest BCUT2D eigenvalue weighted by molar-refractivity contribution is -0.134. The van der Waals surface area contributed by atoms with Crippen molar-refractivity contribution in [3.63, 3.8) is 0 Å². The smallest absolute Gasteiger partial charge is 0.309 e. The van der Waals surface area contributed by atoms with Gasteiger partial charge < -0.3 is 4.74 Å². The van der Waals surface area contributed by atoms with Crippen LogP contribution in [0.15, 0.2) is 54.6 Å². The fourth-order valence-electron chi connectivity index (χ4n) is 1.48. The minimum Gasteiger partial charge on any atom is -0.427 e. The Bertz CT molecular complexity index is 525. The number of carbonyl (C=O) groups is 1. The number of halogens is 1. The Morgan fingerprint density at radius 2 is 1.67 bits per heavy atom. The van der Waals surface area contributed by atoms with Crippen LogP contribution in [0.1, 0.15) is 11.4 Å². The lowest BCUT2D eigenvalue weighted by Crippen LogP contribution is -2.18. The van der Waals surface area contributed by atoms with Crippen LogP contribution in [-0.2, 0) is 4.79 Å². The van der Waals surface area contributed by atoms with E-state index in [0.29, 0.717) is 10.8 Å². The highest BCUT2D eigenvalue weighted by Gasteiger charge is 2.16. The lowest BCUT2D eigenvalue weighted by atomic mass is 9.81. The van der Waals surface area contributed by atoms with Crippen LogP contribution < -0.4 is 4.74 Å². The van der Waals surface area contributed by atoms with Gasteiger partial charge in [0.25, 0.3) is 0 Å². The van der Waals surface area contributed by atoms with Crippen molar-refractivity contribution >= 4 is 25.4 Å². The summed E-state index contributed by atoms with van der Waals surface area (Å²) < 4.78 is 5.16. The van der Waals surface area contributed by atoms with Gasteiger partial charge in [0, 0.05) is 10.8 Å². The van der Waals surface area contributed by atoms with Crippen molar-refractivity contribution in [1.29, 1.82) is 0 Å². The molecule has 2 aromatic rings. The van der Waals surface area contributed by atoms with Crippen molar-refractivity contribution in [3.05, 3.63) is 65.2 Å². The average Bonchev–Trinajstić information content (AvgIpc) is 2.41. The molecular formula is C14H10BClO2. The molecule has 2 radical (unpaired) electrons. The topological polar surface area (TPSA) is 26.3 Å². The molecule has 0 heterocycles. The Labute approximate surface area is 112 Å². The third-order valence-electron chi connectivity index (χ3n) is 2.44. The quantitative estimate of drug-likeness (QED) is 0.479. The highest BCUT2D eigenvalue weighted by Crippen LogP contribution is 2.19. The highest BCUT2D eigenvalue weighted by molar-refractivity contribution is 6.30. The highest BCUT2D eigenvalue weighted by atomic mass is 35.5. The van der Waals surface area contributed by atoms with E-state index in [9.17, 15) is 4.79 Å². The molecule has 0 aliphatic carbocycles. The zero-order valence-electron chi connectivity index (χ0n) is 9.55. The van der Waals surface area contributed by atoms with Crippen LogP contribution in [-0.4, -0.2) is 13.8 Å². The molecule has 0 aliphatic rings.